The summed E-state index contributed by atoms with van der Waals surface area (Å²) in [6.45, 7) is 9.45. The molecule has 0 radical (unpaired) electrons. The van der Waals surface area contributed by atoms with Crippen molar-refractivity contribution >= 4 is 11.8 Å². The quantitative estimate of drug-likeness (QED) is 0.743. The van der Waals surface area contributed by atoms with E-state index in [4.69, 9.17) is 5.11 Å². The Labute approximate surface area is 93.1 Å². The molecule has 0 aliphatic heterocycles. The number of carboxylic acid groups (broad SMARTS) is 1. The minimum Gasteiger partial charge on any atom is -0.481 e. The first-order valence-electron chi connectivity index (χ1n) is 5.47. The van der Waals surface area contributed by atoms with Gasteiger partial charge in [-0.2, -0.15) is 0 Å². The van der Waals surface area contributed by atoms with E-state index in [-0.39, 0.29) is 18.2 Å². The zero-order valence-corrected chi connectivity index (χ0v) is 10.8. The number of aliphatic carboxylic acids is 1. The number of likely N-dealkylation sites (N-methyl/N-ethyl adjacent to an activating group) is 1. The molecule has 0 saturated carbocycles. The molecule has 2 N–H and O–H groups in total. The molecule has 1 unspecified atom stereocenters. The number of Topliss-reactive ketones (excluding diaryl/α,β-unsaturated/α-hetero) is 1. The van der Waals surface area contributed by atoms with Crippen LogP contribution < -0.4 is 5.32 Å². The molecule has 0 bridgehead atoms. The summed E-state index contributed by atoms with van der Waals surface area (Å²) in [6, 6.07) is -0.314. The highest BCUT2D eigenvalue weighted by molar-refractivity contribution is 5.82. The number of carboxylic acids is 1. The van der Waals surface area contributed by atoms with E-state index in [0.29, 0.717) is 6.42 Å². The zero-order valence-electron chi connectivity index (χ0n) is 10.8. The fourth-order valence-electron chi connectivity index (χ4n) is 0.819. The number of ketones is 1. The minimum atomic E-state index is -0.869. The number of hydrogen-bond acceptors (Lipinski definition) is 3. The van der Waals surface area contributed by atoms with Gasteiger partial charge in [-0.1, -0.05) is 27.7 Å². The van der Waals surface area contributed by atoms with Gasteiger partial charge in [0.05, 0.1) is 6.04 Å². The van der Waals surface area contributed by atoms with Gasteiger partial charge in [-0.15, -0.1) is 0 Å². The molecule has 0 saturated heterocycles. The largest absolute Gasteiger partial charge is 0.481 e. The first-order valence-corrected chi connectivity index (χ1v) is 5.47. The van der Waals surface area contributed by atoms with Gasteiger partial charge in [0.1, 0.15) is 5.78 Å². The molecule has 0 rings (SSSR count). The molecule has 0 aliphatic carbocycles. The molecule has 92 valence electrons. The second-order valence-corrected chi connectivity index (χ2v) is 2.38. The summed E-state index contributed by atoms with van der Waals surface area (Å²) >= 11 is 0. The van der Waals surface area contributed by atoms with Crippen molar-refractivity contribution in [2.45, 2.75) is 53.5 Å². The van der Waals surface area contributed by atoms with E-state index in [1.165, 1.54) is 6.92 Å². The smallest absolute Gasteiger partial charge is 0.303 e. The molecule has 4 heteroatoms. The lowest BCUT2D eigenvalue weighted by Gasteiger charge is -2.09. The van der Waals surface area contributed by atoms with E-state index in [0.717, 1.165) is 0 Å². The summed E-state index contributed by atoms with van der Waals surface area (Å²) in [5, 5.41) is 11.0. The first kappa shape index (κ1) is 19.6. The number of rotatable bonds is 5. The number of carbonyl (C=O) groups is 2. The maximum Gasteiger partial charge on any atom is 0.303 e. The molecular weight excluding hydrogens is 194 g/mol. The Hall–Kier alpha value is -0.900. The fraction of sp³-hybridized carbons (Fsp3) is 0.818. The van der Waals surface area contributed by atoms with Crippen molar-refractivity contribution in [3.05, 3.63) is 0 Å². The molecule has 1 atom stereocenters. The van der Waals surface area contributed by atoms with E-state index in [1.807, 2.05) is 27.7 Å². The molecule has 0 spiro atoms. The minimum absolute atomic E-state index is 0.0197. The predicted octanol–water partition coefficient (Wildman–Crippen LogP) is 2.08. The number of carbonyl (C=O) groups excluding carboxylic acids is 1. The van der Waals surface area contributed by atoms with E-state index in [2.05, 4.69) is 5.32 Å². The van der Waals surface area contributed by atoms with Crippen molar-refractivity contribution < 1.29 is 14.7 Å². The molecule has 4 nitrogen and oxygen atoms in total. The van der Waals surface area contributed by atoms with Crippen molar-refractivity contribution in [1.82, 2.24) is 5.32 Å². The Kier molecular flexibility index (Phi) is 20.4. The first-order chi connectivity index (χ1) is 7.07. The highest BCUT2D eigenvalue weighted by Gasteiger charge is 2.12. The van der Waals surface area contributed by atoms with Crippen molar-refractivity contribution in [2.75, 3.05) is 7.05 Å². The number of hydrogen-bond donors (Lipinski definition) is 2. The maximum atomic E-state index is 10.7. The zero-order chi connectivity index (χ0) is 12.9. The highest BCUT2D eigenvalue weighted by atomic mass is 16.4. The molecule has 0 aliphatic rings. The van der Waals surface area contributed by atoms with Crippen molar-refractivity contribution in [3.8, 4) is 0 Å². The van der Waals surface area contributed by atoms with Gasteiger partial charge < -0.3 is 10.4 Å². The normalized spacial score (nSPS) is 10.0. The molecule has 0 heterocycles. The summed E-state index contributed by atoms with van der Waals surface area (Å²) in [4.78, 5) is 20.8. The summed E-state index contributed by atoms with van der Waals surface area (Å²) in [5.41, 5.74) is 0. The van der Waals surface area contributed by atoms with Crippen LogP contribution in [0.15, 0.2) is 0 Å². The lowest BCUT2D eigenvalue weighted by molar-refractivity contribution is -0.137. The van der Waals surface area contributed by atoms with Crippen LogP contribution in [0, 0.1) is 0 Å². The molecule has 0 aromatic heterocycles. The van der Waals surface area contributed by atoms with Gasteiger partial charge in [0, 0.05) is 6.42 Å². The second-order valence-electron chi connectivity index (χ2n) is 2.38. The van der Waals surface area contributed by atoms with Crippen molar-refractivity contribution in [2.24, 2.45) is 0 Å². The molecule has 0 amide bonds. The van der Waals surface area contributed by atoms with Gasteiger partial charge in [0.25, 0.3) is 0 Å². The van der Waals surface area contributed by atoms with Crippen LogP contribution in [-0.4, -0.2) is 29.9 Å². The van der Waals surface area contributed by atoms with Gasteiger partial charge >= 0.3 is 5.97 Å². The fourth-order valence-corrected chi connectivity index (χ4v) is 0.819. The Morgan fingerprint density at radius 2 is 1.60 bits per heavy atom. The molecule has 0 fully saturated rings. The maximum absolute atomic E-state index is 10.7. The predicted molar refractivity (Wildman–Crippen MR) is 63.1 cm³/mol. The van der Waals surface area contributed by atoms with E-state index >= 15 is 0 Å². The third kappa shape index (κ3) is 15.8. The molecule has 0 aromatic carbocycles. The molecule has 0 aromatic rings. The Bertz CT molecular complexity index is 158. The van der Waals surface area contributed by atoms with Crippen LogP contribution in [0.3, 0.4) is 0 Å². The van der Waals surface area contributed by atoms with Gasteiger partial charge in [-0.3, -0.25) is 9.59 Å². The van der Waals surface area contributed by atoms with Gasteiger partial charge in [-0.25, -0.2) is 0 Å². The van der Waals surface area contributed by atoms with Crippen LogP contribution in [0.4, 0.5) is 0 Å². The van der Waals surface area contributed by atoms with Crippen LogP contribution in [0.1, 0.15) is 47.5 Å². The summed E-state index contributed by atoms with van der Waals surface area (Å²) in [5.74, 6) is -0.889. The van der Waals surface area contributed by atoms with Crippen molar-refractivity contribution in [3.63, 3.8) is 0 Å². The third-order valence-electron chi connectivity index (χ3n) is 1.49. The standard InChI is InChI=1S/C7H13NO3.2C2H6/c1-5(9)6(8-2)3-4-7(10)11;2*1-2/h6,8H,3-4H2,1-2H3,(H,10,11);2*1-2H3. The topological polar surface area (TPSA) is 66.4 Å². The monoisotopic (exact) mass is 219 g/mol. The van der Waals surface area contributed by atoms with Crippen molar-refractivity contribution in [1.29, 1.82) is 0 Å². The van der Waals surface area contributed by atoms with E-state index in [9.17, 15) is 9.59 Å². The summed E-state index contributed by atoms with van der Waals surface area (Å²) < 4.78 is 0. The van der Waals surface area contributed by atoms with Crippen LogP contribution in [0.2, 0.25) is 0 Å². The number of nitrogens with one attached hydrogen (secondary N) is 1. The summed E-state index contributed by atoms with van der Waals surface area (Å²) in [7, 11) is 1.65. The lowest BCUT2D eigenvalue weighted by atomic mass is 10.1. The van der Waals surface area contributed by atoms with Gasteiger partial charge in [0.15, 0.2) is 0 Å². The van der Waals surface area contributed by atoms with Crippen LogP contribution in [-0.2, 0) is 9.59 Å². The highest BCUT2D eigenvalue weighted by Crippen LogP contribution is 1.97. The lowest BCUT2D eigenvalue weighted by Crippen LogP contribution is -2.32. The van der Waals surface area contributed by atoms with E-state index in [1.54, 1.807) is 7.05 Å². The summed E-state index contributed by atoms with van der Waals surface area (Å²) in [6.07, 6.45) is 0.395. The molecular formula is C11H25NO3. The third-order valence-corrected chi connectivity index (χ3v) is 1.49. The Morgan fingerprint density at radius 3 is 1.80 bits per heavy atom. The van der Waals surface area contributed by atoms with Gasteiger partial charge in [-0.05, 0) is 20.4 Å². The Morgan fingerprint density at radius 1 is 1.20 bits per heavy atom. The Balaban J connectivity index is -0.000000318. The average Bonchev–Trinajstić information content (AvgIpc) is 2.24. The van der Waals surface area contributed by atoms with Crippen LogP contribution in [0.25, 0.3) is 0 Å². The average molecular weight is 219 g/mol. The second kappa shape index (κ2) is 15.6. The van der Waals surface area contributed by atoms with Crippen LogP contribution >= 0.6 is 0 Å². The van der Waals surface area contributed by atoms with Gasteiger partial charge in [0.2, 0.25) is 0 Å². The molecule has 15 heavy (non-hydrogen) atoms. The SMILES string of the molecule is CC.CC.CNC(CCC(=O)O)C(C)=O. The van der Waals surface area contributed by atoms with E-state index < -0.39 is 5.97 Å². The van der Waals surface area contributed by atoms with Crippen LogP contribution in [0.5, 0.6) is 0 Å².